The first-order valence-corrected chi connectivity index (χ1v) is 8.48. The summed E-state index contributed by atoms with van der Waals surface area (Å²) in [6, 6.07) is 3.77. The van der Waals surface area contributed by atoms with Crippen LogP contribution in [0.5, 0.6) is 5.75 Å². The van der Waals surface area contributed by atoms with Crippen LogP contribution in [0.2, 0.25) is 5.02 Å². The first kappa shape index (κ1) is 16.0. The second-order valence-electron chi connectivity index (χ2n) is 5.32. The maximum absolute atomic E-state index is 13.0. The van der Waals surface area contributed by atoms with E-state index in [1.165, 1.54) is 12.1 Å². The van der Waals surface area contributed by atoms with E-state index in [4.69, 9.17) is 16.3 Å². The molecule has 0 saturated carbocycles. The highest BCUT2D eigenvalue weighted by atomic mass is 35.5. The fourth-order valence-corrected chi connectivity index (χ4v) is 4.46. The quantitative estimate of drug-likeness (QED) is 0.906. The summed E-state index contributed by atoms with van der Waals surface area (Å²) in [5, 5.41) is 2.56. The smallest absolute Gasteiger partial charge is 0.258 e. The lowest BCUT2D eigenvalue weighted by Gasteiger charge is -2.23. The van der Waals surface area contributed by atoms with Crippen LogP contribution >= 0.6 is 11.6 Å². The molecule has 5 nitrogen and oxygen atoms in total. The molecule has 0 aromatic heterocycles. The number of halogens is 2. The van der Waals surface area contributed by atoms with Gasteiger partial charge in [-0.1, -0.05) is 11.6 Å². The van der Waals surface area contributed by atoms with Crippen LogP contribution < -0.4 is 10.1 Å². The third-order valence-corrected chi connectivity index (χ3v) is 5.40. The average Bonchev–Trinajstić information content (AvgIpc) is 2.65. The predicted molar refractivity (Wildman–Crippen MR) is 76.7 cm³/mol. The van der Waals surface area contributed by atoms with Gasteiger partial charge in [0.2, 0.25) is 0 Å². The maximum atomic E-state index is 13.0. The van der Waals surface area contributed by atoms with Crippen LogP contribution in [0.3, 0.4) is 0 Å². The van der Waals surface area contributed by atoms with E-state index in [9.17, 15) is 17.6 Å². The zero-order valence-electron chi connectivity index (χ0n) is 11.4. The molecule has 1 aliphatic heterocycles. The minimum Gasteiger partial charge on any atom is -0.484 e. The Labute approximate surface area is 127 Å². The van der Waals surface area contributed by atoms with Crippen molar-refractivity contribution in [3.05, 3.63) is 29.0 Å². The van der Waals surface area contributed by atoms with Crippen LogP contribution in [0.4, 0.5) is 4.39 Å². The van der Waals surface area contributed by atoms with Crippen molar-refractivity contribution in [3.8, 4) is 5.75 Å². The third-order valence-electron chi connectivity index (χ3n) is 3.21. The summed E-state index contributed by atoms with van der Waals surface area (Å²) < 4.78 is 41.1. The van der Waals surface area contributed by atoms with E-state index in [0.717, 1.165) is 6.07 Å². The van der Waals surface area contributed by atoms with Crippen molar-refractivity contribution in [2.45, 2.75) is 18.9 Å². The standard InChI is InChI=1S/C13H15ClFNO4S/c1-13(4-5-21(18,19)8-13)16-12(17)7-20-9-2-3-11(15)10(14)6-9/h2-3,6H,4-5,7-8H2,1H3,(H,16,17)/t13-/m0/s1. The number of nitrogens with one attached hydrogen (secondary N) is 1. The molecule has 1 heterocycles. The molecule has 1 aromatic carbocycles. The lowest BCUT2D eigenvalue weighted by molar-refractivity contribution is -0.124. The lowest BCUT2D eigenvalue weighted by atomic mass is 10.0. The van der Waals surface area contributed by atoms with Gasteiger partial charge in [0.15, 0.2) is 16.4 Å². The van der Waals surface area contributed by atoms with E-state index < -0.39 is 27.1 Å². The zero-order chi connectivity index (χ0) is 15.7. The fraction of sp³-hybridized carbons (Fsp3) is 0.462. The lowest BCUT2D eigenvalue weighted by Crippen LogP contribution is -2.48. The summed E-state index contributed by atoms with van der Waals surface area (Å²) in [5.41, 5.74) is -0.764. The molecule has 1 amide bonds. The fourth-order valence-electron chi connectivity index (χ4n) is 2.20. The van der Waals surface area contributed by atoms with Crippen molar-refractivity contribution in [1.29, 1.82) is 0 Å². The summed E-state index contributed by atoms with van der Waals surface area (Å²) >= 11 is 5.60. The molecule has 0 unspecified atom stereocenters. The first-order valence-electron chi connectivity index (χ1n) is 6.28. The van der Waals surface area contributed by atoms with Gasteiger partial charge in [0.05, 0.1) is 22.1 Å². The average molecular weight is 336 g/mol. The largest absolute Gasteiger partial charge is 0.484 e. The molecule has 1 aliphatic rings. The minimum absolute atomic E-state index is 0.0677. The number of benzene rings is 1. The Morgan fingerprint density at radius 3 is 2.81 bits per heavy atom. The van der Waals surface area contributed by atoms with Gasteiger partial charge in [0.25, 0.3) is 5.91 Å². The summed E-state index contributed by atoms with van der Waals surface area (Å²) in [6.45, 7) is 1.39. The number of carbonyl (C=O) groups excluding carboxylic acids is 1. The SMILES string of the molecule is C[C@]1(NC(=O)COc2ccc(F)c(Cl)c2)CCS(=O)(=O)C1. The third kappa shape index (κ3) is 4.31. The Balaban J connectivity index is 1.89. The molecule has 2 rings (SSSR count). The molecular weight excluding hydrogens is 321 g/mol. The van der Waals surface area contributed by atoms with Crippen molar-refractivity contribution < 1.29 is 22.3 Å². The van der Waals surface area contributed by atoms with Gasteiger partial charge >= 0.3 is 0 Å². The predicted octanol–water partition coefficient (Wildman–Crippen LogP) is 1.55. The van der Waals surface area contributed by atoms with Gasteiger partial charge < -0.3 is 10.1 Å². The van der Waals surface area contributed by atoms with Crippen molar-refractivity contribution in [1.82, 2.24) is 5.32 Å². The summed E-state index contributed by atoms with van der Waals surface area (Å²) in [4.78, 5) is 11.8. The van der Waals surface area contributed by atoms with Crippen LogP contribution in [0, 0.1) is 5.82 Å². The van der Waals surface area contributed by atoms with Gasteiger partial charge in [-0.3, -0.25) is 4.79 Å². The molecule has 0 spiro atoms. The number of carbonyl (C=O) groups is 1. The molecule has 8 heteroatoms. The summed E-state index contributed by atoms with van der Waals surface area (Å²) in [7, 11) is -3.09. The van der Waals surface area contributed by atoms with Gasteiger partial charge in [-0.2, -0.15) is 0 Å². The van der Waals surface area contributed by atoms with E-state index >= 15 is 0 Å². The Hall–Kier alpha value is -1.34. The summed E-state index contributed by atoms with van der Waals surface area (Å²) in [5.74, 6) is -0.750. The highest BCUT2D eigenvalue weighted by Gasteiger charge is 2.39. The van der Waals surface area contributed by atoms with Gasteiger partial charge in [-0.15, -0.1) is 0 Å². The molecule has 21 heavy (non-hydrogen) atoms. The number of hydrogen-bond donors (Lipinski definition) is 1. The monoisotopic (exact) mass is 335 g/mol. The molecule has 1 saturated heterocycles. The van der Waals surface area contributed by atoms with Crippen LogP contribution in [0.25, 0.3) is 0 Å². The highest BCUT2D eigenvalue weighted by Crippen LogP contribution is 2.23. The first-order chi connectivity index (χ1) is 9.69. The number of amides is 1. The zero-order valence-corrected chi connectivity index (χ0v) is 12.9. The van der Waals surface area contributed by atoms with E-state index in [-0.39, 0.29) is 28.9 Å². The van der Waals surface area contributed by atoms with E-state index in [1.54, 1.807) is 6.92 Å². The van der Waals surface area contributed by atoms with E-state index in [0.29, 0.717) is 6.42 Å². The Bertz CT molecular complexity index is 664. The molecule has 1 atom stereocenters. The van der Waals surface area contributed by atoms with Gasteiger partial charge in [-0.05, 0) is 25.5 Å². The van der Waals surface area contributed by atoms with Crippen LogP contribution in [-0.4, -0.2) is 38.0 Å². The van der Waals surface area contributed by atoms with Crippen molar-refractivity contribution in [3.63, 3.8) is 0 Å². The number of ether oxygens (including phenoxy) is 1. The molecular formula is C13H15ClFNO4S. The van der Waals surface area contributed by atoms with E-state index in [1.807, 2.05) is 0 Å². The number of sulfone groups is 1. The van der Waals surface area contributed by atoms with Gasteiger partial charge in [-0.25, -0.2) is 12.8 Å². The van der Waals surface area contributed by atoms with Crippen molar-refractivity contribution >= 4 is 27.3 Å². The van der Waals surface area contributed by atoms with Crippen LogP contribution in [0.1, 0.15) is 13.3 Å². The molecule has 1 fully saturated rings. The minimum atomic E-state index is -3.09. The van der Waals surface area contributed by atoms with Crippen molar-refractivity contribution in [2.24, 2.45) is 0 Å². The molecule has 0 aliphatic carbocycles. The highest BCUT2D eigenvalue weighted by molar-refractivity contribution is 7.91. The molecule has 0 radical (unpaired) electrons. The van der Waals surface area contributed by atoms with Crippen LogP contribution in [0.15, 0.2) is 18.2 Å². The Morgan fingerprint density at radius 2 is 2.24 bits per heavy atom. The van der Waals surface area contributed by atoms with Gasteiger partial charge in [0.1, 0.15) is 11.6 Å². The molecule has 1 N–H and O–H groups in total. The number of rotatable bonds is 4. The second-order valence-corrected chi connectivity index (χ2v) is 7.91. The van der Waals surface area contributed by atoms with E-state index in [2.05, 4.69) is 5.32 Å². The normalized spacial score (nSPS) is 23.8. The topological polar surface area (TPSA) is 72.5 Å². The van der Waals surface area contributed by atoms with Crippen molar-refractivity contribution in [2.75, 3.05) is 18.1 Å². The Kier molecular flexibility index (Phi) is 4.43. The molecule has 0 bridgehead atoms. The molecule has 116 valence electrons. The Morgan fingerprint density at radius 1 is 1.52 bits per heavy atom. The van der Waals surface area contributed by atoms with Gasteiger partial charge in [0, 0.05) is 6.07 Å². The second kappa shape index (κ2) is 5.81. The number of hydrogen-bond acceptors (Lipinski definition) is 4. The maximum Gasteiger partial charge on any atom is 0.258 e. The summed E-state index contributed by atoms with van der Waals surface area (Å²) in [6.07, 6.45) is 0.378. The molecule has 1 aromatic rings. The van der Waals surface area contributed by atoms with Crippen LogP contribution in [-0.2, 0) is 14.6 Å².